The van der Waals surface area contributed by atoms with Crippen LogP contribution < -0.4 is 5.32 Å². The van der Waals surface area contributed by atoms with Gasteiger partial charge in [-0.1, -0.05) is 68.7 Å². The van der Waals surface area contributed by atoms with E-state index in [1.165, 1.54) is 31.2 Å². The summed E-state index contributed by atoms with van der Waals surface area (Å²) in [6, 6.07) is 11.1. The molecule has 1 rings (SSSR count). The molecule has 1 atom stereocenters. The molecule has 0 aliphatic rings. The fourth-order valence-electron chi connectivity index (χ4n) is 1.83. The maximum atomic E-state index is 3.52. The average Bonchev–Trinajstić information content (AvgIpc) is 2.36. The average molecular weight is 231 g/mol. The van der Waals surface area contributed by atoms with Crippen LogP contribution in [0, 0.1) is 0 Å². The zero-order valence-corrected chi connectivity index (χ0v) is 11.2. The highest BCUT2D eigenvalue weighted by atomic mass is 14.9. The molecule has 0 spiro atoms. The minimum Gasteiger partial charge on any atom is -0.311 e. The Morgan fingerprint density at radius 2 is 1.94 bits per heavy atom. The lowest BCUT2D eigenvalue weighted by atomic mass is 10.1. The van der Waals surface area contributed by atoms with Crippen LogP contribution in [-0.2, 0) is 0 Å². The number of unbranched alkanes of at least 4 members (excludes halogenated alkanes) is 2. The molecule has 0 radical (unpaired) electrons. The van der Waals surface area contributed by atoms with Gasteiger partial charge in [0.1, 0.15) is 0 Å². The molecule has 0 amide bonds. The number of hydrogen-bond acceptors (Lipinski definition) is 1. The van der Waals surface area contributed by atoms with E-state index in [0.29, 0.717) is 6.04 Å². The molecule has 1 heteroatoms. The van der Waals surface area contributed by atoms with Crippen LogP contribution in [0.1, 0.15) is 45.1 Å². The first-order chi connectivity index (χ1) is 8.33. The maximum absolute atomic E-state index is 3.52. The predicted octanol–water partition coefficient (Wildman–Crippen LogP) is 4.26. The Bertz CT molecular complexity index is 303. The molecule has 0 bridgehead atoms. The third-order valence-electron chi connectivity index (χ3n) is 2.93. The predicted molar refractivity (Wildman–Crippen MR) is 77.1 cm³/mol. The standard InChI is InChI=1S/C16H25N/c1-3-4-6-10-15(2)17-14-9-13-16-11-7-5-8-12-16/h5,7-9,11-13,15,17H,3-4,6,10,14H2,1-2H3. The van der Waals surface area contributed by atoms with Gasteiger partial charge in [0.05, 0.1) is 0 Å². The minimum atomic E-state index is 0.627. The van der Waals surface area contributed by atoms with Crippen LogP contribution >= 0.6 is 0 Å². The Morgan fingerprint density at radius 1 is 1.18 bits per heavy atom. The van der Waals surface area contributed by atoms with E-state index in [1.54, 1.807) is 0 Å². The molecule has 0 aromatic heterocycles. The van der Waals surface area contributed by atoms with Gasteiger partial charge < -0.3 is 5.32 Å². The van der Waals surface area contributed by atoms with E-state index >= 15 is 0 Å². The first kappa shape index (κ1) is 14.0. The number of benzene rings is 1. The molecule has 94 valence electrons. The van der Waals surface area contributed by atoms with Gasteiger partial charge in [0.2, 0.25) is 0 Å². The Kier molecular flexibility index (Phi) is 7.40. The second kappa shape index (κ2) is 9.00. The smallest absolute Gasteiger partial charge is 0.0140 e. The molecule has 1 unspecified atom stereocenters. The quantitative estimate of drug-likeness (QED) is 0.659. The van der Waals surface area contributed by atoms with E-state index in [1.807, 2.05) is 6.07 Å². The lowest BCUT2D eigenvalue weighted by Crippen LogP contribution is -2.25. The molecular formula is C16H25N. The van der Waals surface area contributed by atoms with E-state index in [-0.39, 0.29) is 0 Å². The van der Waals surface area contributed by atoms with Gasteiger partial charge in [0, 0.05) is 12.6 Å². The third-order valence-corrected chi connectivity index (χ3v) is 2.93. The first-order valence-electron chi connectivity index (χ1n) is 6.78. The van der Waals surface area contributed by atoms with Crippen LogP contribution in [-0.4, -0.2) is 12.6 Å². The summed E-state index contributed by atoms with van der Waals surface area (Å²) in [5.41, 5.74) is 1.27. The van der Waals surface area contributed by atoms with Gasteiger partial charge in [0.15, 0.2) is 0 Å². The topological polar surface area (TPSA) is 12.0 Å². The van der Waals surface area contributed by atoms with Crippen molar-refractivity contribution in [1.82, 2.24) is 5.32 Å². The van der Waals surface area contributed by atoms with Gasteiger partial charge in [-0.05, 0) is 18.9 Å². The normalized spacial score (nSPS) is 13.1. The summed E-state index contributed by atoms with van der Waals surface area (Å²) in [5, 5.41) is 3.52. The summed E-state index contributed by atoms with van der Waals surface area (Å²) in [4.78, 5) is 0. The number of rotatable bonds is 8. The maximum Gasteiger partial charge on any atom is 0.0140 e. The molecule has 0 saturated carbocycles. The largest absolute Gasteiger partial charge is 0.311 e. The fourth-order valence-corrected chi connectivity index (χ4v) is 1.83. The van der Waals surface area contributed by atoms with Gasteiger partial charge in [-0.3, -0.25) is 0 Å². The molecule has 0 aliphatic carbocycles. The molecule has 0 heterocycles. The van der Waals surface area contributed by atoms with Gasteiger partial charge in [-0.15, -0.1) is 0 Å². The van der Waals surface area contributed by atoms with Crippen molar-refractivity contribution in [1.29, 1.82) is 0 Å². The summed E-state index contributed by atoms with van der Waals surface area (Å²) in [7, 11) is 0. The second-order valence-electron chi connectivity index (χ2n) is 4.62. The van der Waals surface area contributed by atoms with Crippen molar-refractivity contribution in [3.05, 3.63) is 42.0 Å². The Labute approximate surface area is 106 Å². The van der Waals surface area contributed by atoms with E-state index in [0.717, 1.165) is 6.54 Å². The van der Waals surface area contributed by atoms with E-state index in [4.69, 9.17) is 0 Å². The van der Waals surface area contributed by atoms with Crippen molar-refractivity contribution in [2.75, 3.05) is 6.54 Å². The minimum absolute atomic E-state index is 0.627. The monoisotopic (exact) mass is 231 g/mol. The lowest BCUT2D eigenvalue weighted by Gasteiger charge is -2.11. The van der Waals surface area contributed by atoms with Gasteiger partial charge >= 0.3 is 0 Å². The molecular weight excluding hydrogens is 206 g/mol. The highest BCUT2D eigenvalue weighted by Gasteiger charge is 1.98. The molecule has 0 saturated heterocycles. The zero-order valence-electron chi connectivity index (χ0n) is 11.2. The van der Waals surface area contributed by atoms with E-state index < -0.39 is 0 Å². The first-order valence-corrected chi connectivity index (χ1v) is 6.78. The molecule has 1 aromatic carbocycles. The molecule has 1 N–H and O–H groups in total. The summed E-state index contributed by atoms with van der Waals surface area (Å²) in [6.07, 6.45) is 9.66. The SMILES string of the molecule is CCCCCC(C)NCC=Cc1ccccc1. The molecule has 1 aromatic rings. The van der Waals surface area contributed by atoms with Crippen LogP contribution in [0.3, 0.4) is 0 Å². The van der Waals surface area contributed by atoms with Gasteiger partial charge in [-0.25, -0.2) is 0 Å². The van der Waals surface area contributed by atoms with Crippen LogP contribution in [0.15, 0.2) is 36.4 Å². The number of nitrogens with one attached hydrogen (secondary N) is 1. The summed E-state index contributed by atoms with van der Waals surface area (Å²) < 4.78 is 0. The lowest BCUT2D eigenvalue weighted by molar-refractivity contribution is 0.509. The summed E-state index contributed by atoms with van der Waals surface area (Å²) in [6.45, 7) is 5.48. The Balaban J connectivity index is 2.12. The van der Waals surface area contributed by atoms with Crippen LogP contribution in [0.2, 0.25) is 0 Å². The van der Waals surface area contributed by atoms with Crippen LogP contribution in [0.25, 0.3) is 6.08 Å². The summed E-state index contributed by atoms with van der Waals surface area (Å²) >= 11 is 0. The van der Waals surface area contributed by atoms with Gasteiger partial charge in [-0.2, -0.15) is 0 Å². The van der Waals surface area contributed by atoms with E-state index in [9.17, 15) is 0 Å². The summed E-state index contributed by atoms with van der Waals surface area (Å²) in [5.74, 6) is 0. The van der Waals surface area contributed by atoms with E-state index in [2.05, 4.69) is 55.6 Å². The van der Waals surface area contributed by atoms with Crippen molar-refractivity contribution in [2.45, 2.75) is 45.6 Å². The van der Waals surface area contributed by atoms with Crippen molar-refractivity contribution in [2.24, 2.45) is 0 Å². The Morgan fingerprint density at radius 3 is 2.65 bits per heavy atom. The van der Waals surface area contributed by atoms with Crippen LogP contribution in [0.5, 0.6) is 0 Å². The Hall–Kier alpha value is -1.08. The highest BCUT2D eigenvalue weighted by molar-refractivity contribution is 5.48. The van der Waals surface area contributed by atoms with Crippen LogP contribution in [0.4, 0.5) is 0 Å². The second-order valence-corrected chi connectivity index (χ2v) is 4.62. The zero-order chi connectivity index (χ0) is 12.3. The van der Waals surface area contributed by atoms with Gasteiger partial charge in [0.25, 0.3) is 0 Å². The molecule has 1 nitrogen and oxygen atoms in total. The highest BCUT2D eigenvalue weighted by Crippen LogP contribution is 2.03. The molecule has 0 aliphatic heterocycles. The fraction of sp³-hybridized carbons (Fsp3) is 0.500. The van der Waals surface area contributed by atoms with Crippen molar-refractivity contribution in [3.8, 4) is 0 Å². The van der Waals surface area contributed by atoms with Crippen molar-refractivity contribution >= 4 is 6.08 Å². The number of hydrogen-bond donors (Lipinski definition) is 1. The molecule has 17 heavy (non-hydrogen) atoms. The molecule has 0 fully saturated rings. The third kappa shape index (κ3) is 6.96. The van der Waals surface area contributed by atoms with Crippen molar-refractivity contribution in [3.63, 3.8) is 0 Å². The van der Waals surface area contributed by atoms with Crippen molar-refractivity contribution < 1.29 is 0 Å².